The molecule has 3 heterocycles. The third-order valence-electron chi connectivity index (χ3n) is 5.08. The Bertz CT molecular complexity index is 980. The Morgan fingerprint density at radius 3 is 2.65 bits per heavy atom. The minimum atomic E-state index is 0.292. The van der Waals surface area contributed by atoms with Crippen LogP contribution in [0.3, 0.4) is 0 Å². The molecule has 132 valence electrons. The van der Waals surface area contributed by atoms with Gasteiger partial charge in [0.15, 0.2) is 5.69 Å². The van der Waals surface area contributed by atoms with E-state index in [1.165, 1.54) is 5.52 Å². The normalized spacial score (nSPS) is 15.3. The van der Waals surface area contributed by atoms with Gasteiger partial charge in [-0.1, -0.05) is 30.7 Å². The van der Waals surface area contributed by atoms with E-state index in [0.29, 0.717) is 16.8 Å². The van der Waals surface area contributed by atoms with Crippen molar-refractivity contribution in [2.24, 2.45) is 0 Å². The summed E-state index contributed by atoms with van der Waals surface area (Å²) in [6, 6.07) is 14.5. The summed E-state index contributed by atoms with van der Waals surface area (Å²) in [5.41, 5.74) is 2.59. The lowest BCUT2D eigenvalue weighted by molar-refractivity contribution is 0.394. The highest BCUT2D eigenvalue weighted by Gasteiger charge is 2.25. The molecule has 4 rings (SSSR count). The van der Waals surface area contributed by atoms with Crippen LogP contribution < -0.4 is 4.90 Å². The SMILES string of the molecule is CCc1nc2ccccc2n1C1CCN(c2ccc(Cl)c(C#N)n2)CC1. The van der Waals surface area contributed by atoms with Crippen molar-refractivity contribution in [3.63, 3.8) is 0 Å². The summed E-state index contributed by atoms with van der Waals surface area (Å²) in [5, 5.41) is 9.55. The molecular weight excluding hydrogens is 346 g/mol. The summed E-state index contributed by atoms with van der Waals surface area (Å²) in [5.74, 6) is 1.98. The number of pyridine rings is 1. The van der Waals surface area contributed by atoms with Gasteiger partial charge < -0.3 is 9.47 Å². The Balaban J connectivity index is 1.57. The van der Waals surface area contributed by atoms with Gasteiger partial charge in [-0.25, -0.2) is 9.97 Å². The highest BCUT2D eigenvalue weighted by atomic mass is 35.5. The van der Waals surface area contributed by atoms with Crippen LogP contribution in [0.4, 0.5) is 5.82 Å². The smallest absolute Gasteiger partial charge is 0.161 e. The molecular formula is C20H20ClN5. The first kappa shape index (κ1) is 16.9. The molecule has 6 heteroatoms. The largest absolute Gasteiger partial charge is 0.356 e. The summed E-state index contributed by atoms with van der Waals surface area (Å²) >= 11 is 6.00. The van der Waals surface area contributed by atoms with Gasteiger partial charge in [0.2, 0.25) is 0 Å². The minimum absolute atomic E-state index is 0.292. The van der Waals surface area contributed by atoms with Crippen LogP contribution in [0.2, 0.25) is 5.02 Å². The maximum absolute atomic E-state index is 9.14. The molecule has 0 radical (unpaired) electrons. The van der Waals surface area contributed by atoms with E-state index in [1.807, 2.05) is 12.1 Å². The zero-order valence-electron chi connectivity index (χ0n) is 14.7. The first-order valence-electron chi connectivity index (χ1n) is 8.98. The monoisotopic (exact) mass is 365 g/mol. The van der Waals surface area contributed by atoms with Crippen LogP contribution in [0, 0.1) is 11.3 Å². The molecule has 0 saturated carbocycles. The van der Waals surface area contributed by atoms with Crippen LogP contribution in [0.25, 0.3) is 11.0 Å². The van der Waals surface area contributed by atoms with Gasteiger partial charge in [-0.3, -0.25) is 0 Å². The van der Waals surface area contributed by atoms with Crippen molar-refractivity contribution in [1.82, 2.24) is 14.5 Å². The van der Waals surface area contributed by atoms with E-state index in [9.17, 15) is 0 Å². The molecule has 0 aliphatic carbocycles. The van der Waals surface area contributed by atoms with Crippen molar-refractivity contribution in [3.05, 3.63) is 52.9 Å². The lowest BCUT2D eigenvalue weighted by Gasteiger charge is -2.34. The molecule has 1 saturated heterocycles. The van der Waals surface area contributed by atoms with E-state index in [-0.39, 0.29) is 0 Å². The molecule has 0 atom stereocenters. The number of nitriles is 1. The maximum Gasteiger partial charge on any atom is 0.161 e. The van der Waals surface area contributed by atoms with E-state index >= 15 is 0 Å². The van der Waals surface area contributed by atoms with Gasteiger partial charge in [-0.2, -0.15) is 5.26 Å². The van der Waals surface area contributed by atoms with Gasteiger partial charge in [-0.05, 0) is 37.1 Å². The van der Waals surface area contributed by atoms with Gasteiger partial charge in [0, 0.05) is 25.6 Å². The number of aromatic nitrogens is 3. The van der Waals surface area contributed by atoms with Crippen molar-refractivity contribution in [3.8, 4) is 6.07 Å². The number of benzene rings is 1. The molecule has 1 aliphatic heterocycles. The van der Waals surface area contributed by atoms with E-state index in [2.05, 4.69) is 45.6 Å². The fourth-order valence-corrected chi connectivity index (χ4v) is 3.94. The Hall–Kier alpha value is -2.58. The van der Waals surface area contributed by atoms with Gasteiger partial charge in [0.25, 0.3) is 0 Å². The highest BCUT2D eigenvalue weighted by Crippen LogP contribution is 2.31. The number of aryl methyl sites for hydroxylation is 1. The number of halogens is 1. The van der Waals surface area contributed by atoms with Crippen molar-refractivity contribution >= 4 is 28.5 Å². The van der Waals surface area contributed by atoms with Gasteiger partial charge in [-0.15, -0.1) is 0 Å². The third-order valence-corrected chi connectivity index (χ3v) is 5.38. The number of anilines is 1. The van der Waals surface area contributed by atoms with Crippen LogP contribution in [-0.4, -0.2) is 27.6 Å². The predicted octanol–water partition coefficient (Wildman–Crippen LogP) is 4.36. The molecule has 0 unspecified atom stereocenters. The van der Waals surface area contributed by atoms with Crippen molar-refractivity contribution in [1.29, 1.82) is 5.26 Å². The molecule has 0 spiro atoms. The molecule has 1 aromatic carbocycles. The number of rotatable bonds is 3. The Kier molecular flexibility index (Phi) is 4.52. The fraction of sp³-hybridized carbons (Fsp3) is 0.350. The number of piperidine rings is 1. The molecule has 0 bridgehead atoms. The number of hydrogen-bond acceptors (Lipinski definition) is 4. The van der Waals surface area contributed by atoms with Crippen molar-refractivity contribution in [2.75, 3.05) is 18.0 Å². The van der Waals surface area contributed by atoms with Crippen LogP contribution in [0.15, 0.2) is 36.4 Å². The molecule has 1 aliphatic rings. The second-order valence-electron chi connectivity index (χ2n) is 6.57. The highest BCUT2D eigenvalue weighted by molar-refractivity contribution is 6.31. The molecule has 2 aromatic heterocycles. The summed E-state index contributed by atoms with van der Waals surface area (Å²) in [6.45, 7) is 3.97. The predicted molar refractivity (Wildman–Crippen MR) is 104 cm³/mol. The van der Waals surface area contributed by atoms with E-state index in [0.717, 1.165) is 49.5 Å². The fourth-order valence-electron chi connectivity index (χ4n) is 3.79. The van der Waals surface area contributed by atoms with E-state index < -0.39 is 0 Å². The summed E-state index contributed by atoms with van der Waals surface area (Å²) < 4.78 is 2.42. The second-order valence-corrected chi connectivity index (χ2v) is 6.98. The lowest BCUT2D eigenvalue weighted by atomic mass is 10.0. The average molecular weight is 366 g/mol. The summed E-state index contributed by atoms with van der Waals surface area (Å²) in [7, 11) is 0. The molecule has 0 N–H and O–H groups in total. The average Bonchev–Trinajstić information content (AvgIpc) is 3.07. The van der Waals surface area contributed by atoms with Gasteiger partial charge in [0.1, 0.15) is 17.7 Å². The van der Waals surface area contributed by atoms with Gasteiger partial charge in [0.05, 0.1) is 16.1 Å². The first-order chi connectivity index (χ1) is 12.7. The Morgan fingerprint density at radius 1 is 1.15 bits per heavy atom. The first-order valence-corrected chi connectivity index (χ1v) is 9.36. The zero-order valence-corrected chi connectivity index (χ0v) is 15.4. The number of hydrogen-bond donors (Lipinski definition) is 0. The molecule has 0 amide bonds. The molecule has 26 heavy (non-hydrogen) atoms. The molecule has 1 fully saturated rings. The Labute approximate surface area is 157 Å². The lowest BCUT2D eigenvalue weighted by Crippen LogP contribution is -2.35. The standard InChI is InChI=1S/C20H20ClN5/c1-2-19-23-16-5-3-4-6-18(16)26(19)14-9-11-25(12-10-14)20-8-7-15(21)17(13-22)24-20/h3-8,14H,2,9-12H2,1H3. The summed E-state index contributed by atoms with van der Waals surface area (Å²) in [4.78, 5) is 11.4. The number of fused-ring (bicyclic) bond motifs is 1. The van der Waals surface area contributed by atoms with Crippen LogP contribution in [-0.2, 0) is 6.42 Å². The maximum atomic E-state index is 9.14. The topological polar surface area (TPSA) is 57.7 Å². The van der Waals surface area contributed by atoms with Crippen molar-refractivity contribution in [2.45, 2.75) is 32.2 Å². The zero-order chi connectivity index (χ0) is 18.1. The van der Waals surface area contributed by atoms with Crippen LogP contribution >= 0.6 is 11.6 Å². The van der Waals surface area contributed by atoms with E-state index in [4.69, 9.17) is 21.8 Å². The minimum Gasteiger partial charge on any atom is -0.356 e. The quantitative estimate of drug-likeness (QED) is 0.692. The van der Waals surface area contributed by atoms with E-state index in [1.54, 1.807) is 6.07 Å². The number of para-hydroxylation sites is 2. The van der Waals surface area contributed by atoms with Gasteiger partial charge >= 0.3 is 0 Å². The second kappa shape index (κ2) is 6.97. The van der Waals surface area contributed by atoms with Crippen LogP contribution in [0.1, 0.15) is 37.3 Å². The number of nitrogens with zero attached hydrogens (tertiary/aromatic N) is 5. The number of imidazole rings is 1. The Morgan fingerprint density at radius 2 is 1.92 bits per heavy atom. The molecule has 5 nitrogen and oxygen atoms in total. The van der Waals surface area contributed by atoms with Crippen molar-refractivity contribution < 1.29 is 0 Å². The van der Waals surface area contributed by atoms with Crippen LogP contribution in [0.5, 0.6) is 0 Å². The molecule has 3 aromatic rings. The third kappa shape index (κ3) is 2.91. The summed E-state index contributed by atoms with van der Waals surface area (Å²) in [6.07, 6.45) is 2.98.